The van der Waals surface area contributed by atoms with Crippen molar-refractivity contribution in [2.75, 3.05) is 4.90 Å². The van der Waals surface area contributed by atoms with Crippen molar-refractivity contribution in [3.05, 3.63) is 342 Å². The van der Waals surface area contributed by atoms with E-state index in [2.05, 4.69) is 302 Å². The molecule has 1 aliphatic carbocycles. The largest absolute Gasteiger partial charge is 0.309 e. The quantitative estimate of drug-likeness (QED) is 0.165. The van der Waals surface area contributed by atoms with E-state index >= 15 is 4.21 Å². The van der Waals surface area contributed by atoms with Crippen molar-refractivity contribution in [2.24, 2.45) is 0 Å². The van der Waals surface area contributed by atoms with Gasteiger partial charge in [-0.05, 0) is 132 Å². The number of hydrogen-bond acceptors (Lipinski definition) is 2. The molecular weight excluding hydrogens is 951 g/mol. The van der Waals surface area contributed by atoms with Gasteiger partial charge in [0.05, 0.1) is 27.9 Å². The molecule has 0 bridgehead atoms. The zero-order valence-electron chi connectivity index (χ0n) is 42.1. The maximum absolute atomic E-state index is 17.8. The van der Waals surface area contributed by atoms with Crippen molar-refractivity contribution in [3.63, 3.8) is 0 Å². The lowest BCUT2D eigenvalue weighted by atomic mass is 9.61. The Bertz CT molecular complexity index is 4310. The average molecular weight is 1000 g/mol. The van der Waals surface area contributed by atoms with E-state index in [0.717, 1.165) is 70.0 Å². The first-order valence-electron chi connectivity index (χ1n) is 26.7. The zero-order chi connectivity index (χ0) is 51.0. The molecule has 0 atom stereocenters. The van der Waals surface area contributed by atoms with E-state index in [1.165, 1.54) is 55.6 Å². The summed E-state index contributed by atoms with van der Waals surface area (Å²) in [6, 6.07) is 109. The van der Waals surface area contributed by atoms with Gasteiger partial charge >= 0.3 is 0 Å². The van der Waals surface area contributed by atoms with Gasteiger partial charge in [-0.25, -0.2) is 0 Å². The van der Waals surface area contributed by atoms with E-state index in [4.69, 9.17) is 0 Å². The Kier molecular flexibility index (Phi) is 9.16. The first-order chi connectivity index (χ1) is 38.1. The van der Waals surface area contributed by atoms with Crippen LogP contribution in [0.1, 0.15) is 44.5 Å². The zero-order valence-corrected chi connectivity index (χ0v) is 42.9. The van der Waals surface area contributed by atoms with Crippen LogP contribution in [0.2, 0.25) is 0 Å². The lowest BCUT2D eigenvalue weighted by Crippen LogP contribution is -2.38. The van der Waals surface area contributed by atoms with Crippen LogP contribution in [-0.2, 0) is 19.9 Å². The molecule has 0 unspecified atom stereocenters. The number of anilines is 3. The maximum Gasteiger partial charge on any atom is 0.0742 e. The van der Waals surface area contributed by atoms with Crippen LogP contribution in [0.3, 0.4) is 0 Å². The SMILES string of the molecule is O=S12(c3ccccc3-c3ccccc31)c1ccccc1-c1ccc(-c3ccccc3N3c4ccccc4C(c4ccccc4)(c4ccccc4)c4cc5c(cc43)C(c3ccccc3)(c3ccccc3)c3ccccc3-5)cc12. The van der Waals surface area contributed by atoms with E-state index in [-0.39, 0.29) is 0 Å². The van der Waals surface area contributed by atoms with Gasteiger partial charge in [-0.2, -0.15) is 0 Å². The van der Waals surface area contributed by atoms with Crippen LogP contribution >= 0.6 is 0 Å². The van der Waals surface area contributed by atoms with Gasteiger partial charge in [0, 0.05) is 34.2 Å². The lowest BCUT2D eigenvalue weighted by molar-refractivity contribution is 0.658. The predicted octanol–water partition coefficient (Wildman–Crippen LogP) is 18.2. The molecule has 0 saturated carbocycles. The second-order valence-electron chi connectivity index (χ2n) is 20.9. The molecule has 2 nitrogen and oxygen atoms in total. The van der Waals surface area contributed by atoms with E-state index < -0.39 is 19.9 Å². The second kappa shape index (κ2) is 16.1. The molecule has 16 rings (SSSR count). The highest BCUT2D eigenvalue weighted by molar-refractivity contribution is 8.21. The number of rotatable bonds is 6. The minimum Gasteiger partial charge on any atom is -0.309 e. The van der Waals surface area contributed by atoms with Crippen molar-refractivity contribution in [1.82, 2.24) is 0 Å². The fraction of sp³-hybridized carbons (Fsp3) is 0.0270. The van der Waals surface area contributed by atoms with Crippen LogP contribution < -0.4 is 4.90 Å². The minimum absolute atomic E-state index is 0.642. The molecule has 1 spiro atoms. The van der Waals surface area contributed by atoms with Gasteiger partial charge in [0.15, 0.2) is 0 Å². The van der Waals surface area contributed by atoms with Crippen LogP contribution in [0.25, 0.3) is 44.5 Å². The molecular formula is C74H49NOS. The average Bonchev–Trinajstić information content (AvgIpc) is 3.69. The van der Waals surface area contributed by atoms with Gasteiger partial charge in [-0.15, -0.1) is 0 Å². The van der Waals surface area contributed by atoms with Gasteiger partial charge in [-0.1, -0.05) is 249 Å². The normalized spacial score (nSPS) is 16.1. The summed E-state index contributed by atoms with van der Waals surface area (Å²) >= 11 is 0. The van der Waals surface area contributed by atoms with Crippen molar-refractivity contribution >= 4 is 26.1 Å². The van der Waals surface area contributed by atoms with Crippen molar-refractivity contribution in [1.29, 1.82) is 0 Å². The van der Waals surface area contributed by atoms with E-state index in [0.29, 0.717) is 0 Å². The highest BCUT2D eigenvalue weighted by atomic mass is 32.3. The van der Waals surface area contributed by atoms with E-state index in [9.17, 15) is 0 Å². The van der Waals surface area contributed by atoms with Crippen LogP contribution in [-0.4, -0.2) is 4.21 Å². The first-order valence-corrected chi connectivity index (χ1v) is 28.6. The third-order valence-electron chi connectivity index (χ3n) is 17.5. The number of hydrogen-bond donors (Lipinski definition) is 0. The van der Waals surface area contributed by atoms with Gasteiger partial charge in [0.1, 0.15) is 0 Å². The topological polar surface area (TPSA) is 20.3 Å². The summed E-state index contributed by atoms with van der Waals surface area (Å²) in [6.45, 7) is 0. The predicted molar refractivity (Wildman–Crippen MR) is 314 cm³/mol. The standard InChI is InChI=1S/C74H49NOS/c76-77(69-42-22-15-35-57(69)58-36-16-23-43-70(58)77)71-44-24-17-37-59(71)60-46-45-50(47-72(60)77)55-33-14-20-40-66(55)75-67-41-21-19-39-63(67)74(53-29-9-3-10-30-53,54-31-11-4-12-32-54)65-48-61-56-34-13-18-38-62(56)73(64(61)49-68(65)75,51-25-5-1-6-26-51)52-27-7-2-8-28-52/h1-49H. The first kappa shape index (κ1) is 43.9. The van der Waals surface area contributed by atoms with Crippen molar-refractivity contribution in [2.45, 2.75) is 30.4 Å². The number of para-hydroxylation sites is 2. The third-order valence-corrected chi connectivity index (χ3v) is 22.3. The summed E-state index contributed by atoms with van der Waals surface area (Å²) in [7, 11) is -4.13. The Hall–Kier alpha value is -9.41. The number of fused-ring (bicyclic) bond motifs is 15. The van der Waals surface area contributed by atoms with Gasteiger partial charge in [0.2, 0.25) is 0 Å². The maximum atomic E-state index is 17.8. The molecule has 3 heteroatoms. The molecule has 0 radical (unpaired) electrons. The summed E-state index contributed by atoms with van der Waals surface area (Å²) in [4.78, 5) is 6.07. The van der Waals surface area contributed by atoms with Crippen molar-refractivity contribution < 1.29 is 4.21 Å². The highest BCUT2D eigenvalue weighted by Crippen LogP contribution is 2.71. The van der Waals surface area contributed by atoms with E-state index in [1.807, 2.05) is 0 Å². The molecule has 0 N–H and O–H groups in total. The smallest absolute Gasteiger partial charge is 0.0742 e. The fourth-order valence-corrected chi connectivity index (χ4v) is 19.8. The molecule has 0 fully saturated rings. The van der Waals surface area contributed by atoms with Crippen LogP contribution in [0.5, 0.6) is 0 Å². The highest BCUT2D eigenvalue weighted by Gasteiger charge is 2.58. The summed E-state index contributed by atoms with van der Waals surface area (Å²) in [6.07, 6.45) is 0. The summed E-state index contributed by atoms with van der Waals surface area (Å²) in [5.41, 5.74) is 20.2. The van der Waals surface area contributed by atoms with E-state index in [1.54, 1.807) is 0 Å². The fourth-order valence-electron chi connectivity index (χ4n) is 14.6. The Morgan fingerprint density at radius 1 is 0.247 bits per heavy atom. The van der Waals surface area contributed by atoms with Gasteiger partial charge in [-0.3, -0.25) is 4.21 Å². The van der Waals surface area contributed by atoms with Crippen molar-refractivity contribution in [3.8, 4) is 44.5 Å². The molecule has 0 aromatic heterocycles. The summed E-state index contributed by atoms with van der Waals surface area (Å²) < 4.78 is 17.8. The Morgan fingerprint density at radius 3 is 1.16 bits per heavy atom. The molecule has 3 heterocycles. The van der Waals surface area contributed by atoms with Gasteiger partial charge in [0.25, 0.3) is 0 Å². The molecule has 362 valence electrons. The minimum atomic E-state index is -4.13. The summed E-state index contributed by atoms with van der Waals surface area (Å²) in [5, 5.41) is 0. The molecule has 3 aliphatic heterocycles. The molecule has 77 heavy (non-hydrogen) atoms. The van der Waals surface area contributed by atoms with Crippen LogP contribution in [0, 0.1) is 0 Å². The molecule has 4 aliphatic rings. The molecule has 12 aromatic carbocycles. The Labute approximate surface area is 449 Å². The molecule has 12 aromatic rings. The monoisotopic (exact) mass is 999 g/mol. The Morgan fingerprint density at radius 2 is 0.636 bits per heavy atom. The molecule has 0 saturated heterocycles. The van der Waals surface area contributed by atoms with Gasteiger partial charge < -0.3 is 4.90 Å². The number of benzene rings is 12. The molecule has 0 amide bonds. The van der Waals surface area contributed by atoms with Crippen LogP contribution in [0.4, 0.5) is 17.1 Å². The Balaban J connectivity index is 1.02. The third kappa shape index (κ3) is 5.46. The summed E-state index contributed by atoms with van der Waals surface area (Å²) in [5.74, 6) is 0. The number of nitrogens with zero attached hydrogens (tertiary/aromatic N) is 1. The second-order valence-corrected chi connectivity index (χ2v) is 24.6. The lowest BCUT2D eigenvalue weighted by Gasteiger charge is -2.47. The van der Waals surface area contributed by atoms with Crippen LogP contribution in [0.15, 0.2) is 317 Å².